The lowest BCUT2D eigenvalue weighted by Crippen LogP contribution is -2.56. The number of amides is 2. The minimum Gasteiger partial charge on any atom is -0.461 e. The van der Waals surface area contributed by atoms with Crippen molar-refractivity contribution >= 4 is 28.6 Å². The maximum absolute atomic E-state index is 14.3. The van der Waals surface area contributed by atoms with Gasteiger partial charge in [-0.25, -0.2) is 9.78 Å². The fraction of sp³-hybridized carbons (Fsp3) is 0.579. The molecule has 2 fully saturated rings. The van der Waals surface area contributed by atoms with Crippen LogP contribution in [0.5, 0.6) is 0 Å². The van der Waals surface area contributed by atoms with Crippen LogP contribution in [-0.4, -0.2) is 94.9 Å². The third-order valence-corrected chi connectivity index (χ3v) is 9.84. The first kappa shape index (κ1) is 36.5. The number of fused-ring (bicyclic) bond motifs is 1. The fourth-order valence-corrected chi connectivity index (χ4v) is 7.14. The van der Waals surface area contributed by atoms with Crippen molar-refractivity contribution in [2.45, 2.75) is 95.9 Å². The summed E-state index contributed by atoms with van der Waals surface area (Å²) in [5.74, 6) is -1.58. The molecule has 1 aromatic heterocycles. The van der Waals surface area contributed by atoms with Crippen molar-refractivity contribution in [2.24, 2.45) is 11.8 Å². The number of aromatic nitrogens is 2. The van der Waals surface area contributed by atoms with Gasteiger partial charge in [-0.05, 0) is 61.9 Å². The zero-order valence-corrected chi connectivity index (χ0v) is 28.9. The number of H-pyrrole nitrogens is 1. The molecule has 2 aromatic carbocycles. The fourth-order valence-electron chi connectivity index (χ4n) is 7.14. The Balaban J connectivity index is 1.36. The molecule has 1 saturated carbocycles. The average Bonchev–Trinajstić information content (AvgIpc) is 3.63. The summed E-state index contributed by atoms with van der Waals surface area (Å²) in [5, 5.41) is 19.4. The second kappa shape index (κ2) is 18.3. The predicted molar refractivity (Wildman–Crippen MR) is 188 cm³/mol. The van der Waals surface area contributed by atoms with E-state index in [-0.39, 0.29) is 18.2 Å². The van der Waals surface area contributed by atoms with Crippen LogP contribution >= 0.6 is 0 Å². The Morgan fingerprint density at radius 1 is 1.00 bits per heavy atom. The van der Waals surface area contributed by atoms with Gasteiger partial charge >= 0.3 is 5.97 Å². The summed E-state index contributed by atoms with van der Waals surface area (Å²) >= 11 is 0. The van der Waals surface area contributed by atoms with Crippen molar-refractivity contribution < 1.29 is 29.0 Å². The zero-order valence-electron chi connectivity index (χ0n) is 28.9. The minimum absolute atomic E-state index is 0.171. The number of imidazole rings is 1. The number of rotatable bonds is 16. The van der Waals surface area contributed by atoms with Gasteiger partial charge in [-0.2, -0.15) is 0 Å². The van der Waals surface area contributed by atoms with E-state index in [9.17, 15) is 19.5 Å². The first-order valence-corrected chi connectivity index (χ1v) is 18.0. The van der Waals surface area contributed by atoms with Gasteiger partial charge in [0, 0.05) is 37.3 Å². The molecule has 2 heterocycles. The number of morpholine rings is 1. The highest BCUT2D eigenvalue weighted by atomic mass is 16.6. The molecule has 49 heavy (non-hydrogen) atoms. The number of aliphatic hydroxyl groups excluding tert-OH is 1. The summed E-state index contributed by atoms with van der Waals surface area (Å²) in [4.78, 5) is 50.7. The molecule has 11 heteroatoms. The third kappa shape index (κ3) is 10.8. The molecule has 11 nitrogen and oxygen atoms in total. The molecule has 0 bridgehead atoms. The largest absolute Gasteiger partial charge is 0.461 e. The molecule has 4 atom stereocenters. The molecule has 2 aliphatic rings. The molecular formula is C38H53N5O6. The van der Waals surface area contributed by atoms with E-state index in [0.717, 1.165) is 68.1 Å². The molecule has 1 aliphatic carbocycles. The summed E-state index contributed by atoms with van der Waals surface area (Å²) in [6.07, 6.45) is 8.27. The standard InChI is InChI=1S/C38H53N5O6/c1-26(2)49-38(47)35(44)33(21-27-9-4-3-5-10-27)41-37(46)34(23-31-24-39-25-40-31)42-36(45)30(15-16-43-17-19-48-20-18-43)22-29-13-8-12-28-11-6-7-14-32(28)29/h6-8,11-14,24-27,30,33-35,44H,3-5,9-10,15-23H2,1-2H3,(H,39,40)(H,41,46)(H,42,45)/t30-,33-,34-,35+/m0/s1. The Hall–Kier alpha value is -3.80. The molecule has 5 rings (SSSR count). The Kier molecular flexibility index (Phi) is 13.6. The van der Waals surface area contributed by atoms with Gasteiger partial charge in [-0.1, -0.05) is 74.6 Å². The van der Waals surface area contributed by atoms with E-state index in [0.29, 0.717) is 38.2 Å². The van der Waals surface area contributed by atoms with Crippen molar-refractivity contribution in [3.05, 3.63) is 66.2 Å². The summed E-state index contributed by atoms with van der Waals surface area (Å²) in [6, 6.07) is 12.5. The van der Waals surface area contributed by atoms with Crippen LogP contribution in [0, 0.1) is 11.8 Å². The summed E-state index contributed by atoms with van der Waals surface area (Å²) < 4.78 is 10.9. The van der Waals surface area contributed by atoms with Crippen molar-refractivity contribution in [1.29, 1.82) is 0 Å². The second-order valence-corrected chi connectivity index (χ2v) is 13.9. The Morgan fingerprint density at radius 2 is 1.76 bits per heavy atom. The monoisotopic (exact) mass is 675 g/mol. The second-order valence-electron chi connectivity index (χ2n) is 13.9. The number of nitrogens with one attached hydrogen (secondary N) is 3. The van der Waals surface area contributed by atoms with Crippen LogP contribution in [0.2, 0.25) is 0 Å². The highest BCUT2D eigenvalue weighted by Crippen LogP contribution is 2.29. The van der Waals surface area contributed by atoms with Crippen molar-refractivity contribution in [1.82, 2.24) is 25.5 Å². The summed E-state index contributed by atoms with van der Waals surface area (Å²) in [7, 11) is 0. The quantitative estimate of drug-likeness (QED) is 0.167. The summed E-state index contributed by atoms with van der Waals surface area (Å²) in [6.45, 7) is 7.16. The normalized spacial score (nSPS) is 18.4. The van der Waals surface area contributed by atoms with Gasteiger partial charge in [0.1, 0.15) is 6.04 Å². The molecule has 0 unspecified atom stereocenters. The Bertz CT molecular complexity index is 1480. The van der Waals surface area contributed by atoms with Gasteiger partial charge < -0.3 is 30.2 Å². The smallest absolute Gasteiger partial charge is 0.337 e. The SMILES string of the molecule is CC(C)OC(=O)[C@H](O)[C@H](CC1CCCCC1)NC(=O)[C@H](Cc1cnc[nH]1)NC(=O)[C@@H](CCN1CCOCC1)Cc1cccc2ccccc12. The number of benzene rings is 2. The highest BCUT2D eigenvalue weighted by molar-refractivity contribution is 5.90. The van der Waals surface area contributed by atoms with E-state index in [1.807, 2.05) is 18.2 Å². The molecule has 0 radical (unpaired) electrons. The lowest BCUT2D eigenvalue weighted by molar-refractivity contribution is -0.159. The number of aromatic amines is 1. The predicted octanol–water partition coefficient (Wildman–Crippen LogP) is 3.94. The van der Waals surface area contributed by atoms with Crippen molar-refractivity contribution in [2.75, 3.05) is 32.8 Å². The van der Waals surface area contributed by atoms with Crippen LogP contribution in [-0.2, 0) is 36.7 Å². The maximum Gasteiger partial charge on any atom is 0.337 e. The lowest BCUT2D eigenvalue weighted by atomic mass is 9.83. The number of hydrogen-bond acceptors (Lipinski definition) is 8. The average molecular weight is 676 g/mol. The number of ether oxygens (including phenoxy) is 2. The Morgan fingerprint density at radius 3 is 2.49 bits per heavy atom. The van der Waals surface area contributed by atoms with Crippen LogP contribution in [0.4, 0.5) is 0 Å². The molecule has 3 aromatic rings. The van der Waals surface area contributed by atoms with Gasteiger partial charge in [-0.15, -0.1) is 0 Å². The van der Waals surface area contributed by atoms with Crippen LogP contribution in [0.3, 0.4) is 0 Å². The number of carbonyl (C=O) groups is 3. The van der Waals surface area contributed by atoms with Crippen molar-refractivity contribution in [3.8, 4) is 0 Å². The Labute approximate surface area is 289 Å². The van der Waals surface area contributed by atoms with Gasteiger partial charge in [0.2, 0.25) is 11.8 Å². The van der Waals surface area contributed by atoms with E-state index >= 15 is 0 Å². The van der Waals surface area contributed by atoms with Crippen LogP contribution in [0.1, 0.15) is 70.1 Å². The number of nitrogens with zero attached hydrogens (tertiary/aromatic N) is 2. The van der Waals surface area contributed by atoms with Gasteiger partial charge in [0.05, 0.1) is 31.7 Å². The molecular weight excluding hydrogens is 622 g/mol. The molecule has 1 saturated heterocycles. The molecule has 0 spiro atoms. The number of aliphatic hydroxyl groups is 1. The van der Waals surface area contributed by atoms with E-state index < -0.39 is 42.1 Å². The molecule has 2 amide bonds. The molecule has 266 valence electrons. The number of hydrogen-bond donors (Lipinski definition) is 4. The first-order valence-electron chi connectivity index (χ1n) is 18.0. The van der Waals surface area contributed by atoms with E-state index in [2.05, 4.69) is 49.8 Å². The highest BCUT2D eigenvalue weighted by Gasteiger charge is 2.35. The first-order chi connectivity index (χ1) is 23.8. The topological polar surface area (TPSA) is 146 Å². The summed E-state index contributed by atoms with van der Waals surface area (Å²) in [5.41, 5.74) is 1.76. The third-order valence-electron chi connectivity index (χ3n) is 9.84. The van der Waals surface area contributed by atoms with Gasteiger partial charge in [0.25, 0.3) is 0 Å². The van der Waals surface area contributed by atoms with Crippen LogP contribution in [0.25, 0.3) is 10.8 Å². The number of carbonyl (C=O) groups excluding carboxylic acids is 3. The zero-order chi connectivity index (χ0) is 34.6. The van der Waals surface area contributed by atoms with E-state index in [1.54, 1.807) is 20.0 Å². The van der Waals surface area contributed by atoms with Gasteiger partial charge in [0.15, 0.2) is 6.10 Å². The van der Waals surface area contributed by atoms with Crippen LogP contribution < -0.4 is 10.6 Å². The van der Waals surface area contributed by atoms with E-state index in [1.165, 1.54) is 6.33 Å². The lowest BCUT2D eigenvalue weighted by Gasteiger charge is -2.31. The van der Waals surface area contributed by atoms with Gasteiger partial charge in [-0.3, -0.25) is 14.5 Å². The minimum atomic E-state index is -1.52. The van der Waals surface area contributed by atoms with Crippen LogP contribution in [0.15, 0.2) is 55.0 Å². The molecule has 4 N–H and O–H groups in total. The molecule has 1 aliphatic heterocycles. The maximum atomic E-state index is 14.3. The number of esters is 1. The van der Waals surface area contributed by atoms with Crippen molar-refractivity contribution in [3.63, 3.8) is 0 Å². The van der Waals surface area contributed by atoms with E-state index in [4.69, 9.17) is 9.47 Å².